The normalized spacial score (nSPS) is 10.2. The largest absolute Gasteiger partial charge is 0.252 e. The van der Waals surface area contributed by atoms with Crippen molar-refractivity contribution in [2.75, 3.05) is 0 Å². The Kier molecular flexibility index (Phi) is 3.15. The van der Waals surface area contributed by atoms with Crippen LogP contribution >= 0.6 is 0 Å². The van der Waals surface area contributed by atoms with Gasteiger partial charge < -0.3 is 0 Å². The first kappa shape index (κ1) is 11.3. The van der Waals surface area contributed by atoms with Crippen LogP contribution in [0, 0.1) is 11.3 Å². The van der Waals surface area contributed by atoms with Crippen molar-refractivity contribution in [1.82, 2.24) is 19.7 Å². The molecule has 86 valence electrons. The zero-order valence-corrected chi connectivity index (χ0v) is 9.88. The molecule has 0 saturated carbocycles. The molecule has 5 heteroatoms. The molecule has 0 amide bonds. The van der Waals surface area contributed by atoms with Crippen molar-refractivity contribution in [2.45, 2.75) is 26.7 Å². The van der Waals surface area contributed by atoms with Crippen LogP contribution < -0.4 is 0 Å². The van der Waals surface area contributed by atoms with E-state index in [-0.39, 0.29) is 0 Å². The number of aromatic nitrogens is 4. The maximum Gasteiger partial charge on any atom is 0.252 e. The average molecular weight is 227 g/mol. The minimum absolute atomic E-state index is 0.352. The Bertz CT molecular complexity index is 565. The van der Waals surface area contributed by atoms with Crippen molar-refractivity contribution < 1.29 is 0 Å². The van der Waals surface area contributed by atoms with E-state index in [1.807, 2.05) is 12.1 Å². The molecule has 0 radical (unpaired) electrons. The molecule has 2 aromatic heterocycles. The molecular formula is C12H13N5. The van der Waals surface area contributed by atoms with E-state index in [2.05, 4.69) is 28.9 Å². The Morgan fingerprint density at radius 1 is 1.35 bits per heavy atom. The zero-order valence-electron chi connectivity index (χ0n) is 9.88. The molecule has 2 heterocycles. The molecule has 0 aliphatic carbocycles. The third-order valence-corrected chi connectivity index (χ3v) is 2.51. The van der Waals surface area contributed by atoms with E-state index in [0.29, 0.717) is 11.6 Å². The monoisotopic (exact) mass is 227 g/mol. The Morgan fingerprint density at radius 3 is 2.82 bits per heavy atom. The Hall–Kier alpha value is -2.22. The number of nitrogens with zero attached hydrogens (tertiary/aromatic N) is 5. The van der Waals surface area contributed by atoms with E-state index in [4.69, 9.17) is 5.26 Å². The molecule has 0 saturated heterocycles. The fourth-order valence-electron chi connectivity index (χ4n) is 1.59. The van der Waals surface area contributed by atoms with Crippen molar-refractivity contribution in [3.05, 3.63) is 35.4 Å². The van der Waals surface area contributed by atoms with E-state index >= 15 is 0 Å². The summed E-state index contributed by atoms with van der Waals surface area (Å²) in [7, 11) is 0. The number of rotatable bonds is 3. The fraction of sp³-hybridized carbons (Fsp3) is 0.333. The van der Waals surface area contributed by atoms with Crippen LogP contribution in [0.5, 0.6) is 0 Å². The van der Waals surface area contributed by atoms with E-state index in [1.165, 1.54) is 0 Å². The van der Waals surface area contributed by atoms with Gasteiger partial charge in [0, 0.05) is 11.9 Å². The van der Waals surface area contributed by atoms with Gasteiger partial charge in [-0.05, 0) is 25.0 Å². The maximum absolute atomic E-state index is 8.82. The van der Waals surface area contributed by atoms with E-state index in [9.17, 15) is 0 Å². The van der Waals surface area contributed by atoms with Crippen LogP contribution in [0.1, 0.15) is 30.9 Å². The molecule has 0 aliphatic heterocycles. The summed E-state index contributed by atoms with van der Waals surface area (Å²) in [6.07, 6.45) is 3.30. The van der Waals surface area contributed by atoms with Crippen LogP contribution in [0.15, 0.2) is 18.3 Å². The second kappa shape index (κ2) is 4.74. The fourth-order valence-corrected chi connectivity index (χ4v) is 1.59. The molecule has 0 N–H and O–H groups in total. The highest BCUT2D eigenvalue weighted by Gasteiger charge is 2.09. The van der Waals surface area contributed by atoms with Crippen molar-refractivity contribution in [3.63, 3.8) is 0 Å². The van der Waals surface area contributed by atoms with E-state index < -0.39 is 0 Å². The van der Waals surface area contributed by atoms with Gasteiger partial charge in [-0.2, -0.15) is 10.4 Å². The third kappa shape index (κ3) is 2.16. The Balaban J connectivity index is 2.51. The van der Waals surface area contributed by atoms with Crippen molar-refractivity contribution in [2.24, 2.45) is 0 Å². The van der Waals surface area contributed by atoms with Crippen LogP contribution in [0.4, 0.5) is 0 Å². The second-order valence-corrected chi connectivity index (χ2v) is 3.60. The lowest BCUT2D eigenvalue weighted by atomic mass is 10.3. The lowest BCUT2D eigenvalue weighted by Crippen LogP contribution is -2.07. The third-order valence-electron chi connectivity index (χ3n) is 2.51. The van der Waals surface area contributed by atoms with Crippen molar-refractivity contribution in [3.8, 4) is 12.0 Å². The smallest absolute Gasteiger partial charge is 0.220 e. The van der Waals surface area contributed by atoms with Crippen molar-refractivity contribution in [1.29, 1.82) is 5.26 Å². The summed E-state index contributed by atoms with van der Waals surface area (Å²) in [5.41, 5.74) is 2.41. The van der Waals surface area contributed by atoms with Gasteiger partial charge in [-0.1, -0.05) is 13.8 Å². The molecular weight excluding hydrogens is 214 g/mol. The molecule has 0 aromatic carbocycles. The predicted octanol–water partition coefficient (Wildman–Crippen LogP) is 1.66. The van der Waals surface area contributed by atoms with Crippen LogP contribution in [0.2, 0.25) is 0 Å². The van der Waals surface area contributed by atoms with Gasteiger partial charge in [-0.25, -0.2) is 14.6 Å². The molecule has 5 nitrogen and oxygen atoms in total. The van der Waals surface area contributed by atoms with E-state index in [1.54, 1.807) is 16.9 Å². The Morgan fingerprint density at radius 2 is 2.18 bits per heavy atom. The molecule has 0 bridgehead atoms. The van der Waals surface area contributed by atoms with Gasteiger partial charge in [0.1, 0.15) is 11.8 Å². The summed E-state index contributed by atoms with van der Waals surface area (Å²) < 4.78 is 1.71. The van der Waals surface area contributed by atoms with Gasteiger partial charge in [0.05, 0.1) is 5.69 Å². The maximum atomic E-state index is 8.82. The lowest BCUT2D eigenvalue weighted by Gasteiger charge is -2.02. The topological polar surface area (TPSA) is 67.4 Å². The van der Waals surface area contributed by atoms with Crippen LogP contribution in [-0.4, -0.2) is 19.7 Å². The summed E-state index contributed by atoms with van der Waals surface area (Å²) in [6, 6.07) is 5.63. The summed E-state index contributed by atoms with van der Waals surface area (Å²) in [4.78, 5) is 8.30. The second-order valence-electron chi connectivity index (χ2n) is 3.60. The minimum Gasteiger partial charge on any atom is -0.220 e. The molecule has 0 spiro atoms. The zero-order chi connectivity index (χ0) is 12.3. The van der Waals surface area contributed by atoms with Gasteiger partial charge in [0.15, 0.2) is 0 Å². The van der Waals surface area contributed by atoms with Gasteiger partial charge >= 0.3 is 0 Å². The van der Waals surface area contributed by atoms with Gasteiger partial charge in [0.2, 0.25) is 0 Å². The SMILES string of the molecule is CCc1cc(CC)n(-c2nccc(C#N)n2)n1. The first-order valence-corrected chi connectivity index (χ1v) is 5.59. The summed E-state index contributed by atoms with van der Waals surface area (Å²) >= 11 is 0. The summed E-state index contributed by atoms with van der Waals surface area (Å²) in [5.74, 6) is 0.459. The van der Waals surface area contributed by atoms with Gasteiger partial charge in [0.25, 0.3) is 5.95 Å². The number of nitriles is 1. The van der Waals surface area contributed by atoms with Crippen molar-refractivity contribution >= 4 is 0 Å². The minimum atomic E-state index is 0.352. The standard InChI is InChI=1S/C12H13N5/c1-3-9-7-11(4-2)17(16-9)12-14-6-5-10(8-13)15-12/h5-7H,3-4H2,1-2H3. The molecule has 0 atom stereocenters. The Labute approximate surface area is 99.8 Å². The van der Waals surface area contributed by atoms with Gasteiger partial charge in [-0.3, -0.25) is 0 Å². The molecule has 2 rings (SSSR count). The van der Waals surface area contributed by atoms with Gasteiger partial charge in [-0.15, -0.1) is 0 Å². The molecule has 0 aliphatic rings. The van der Waals surface area contributed by atoms with E-state index in [0.717, 1.165) is 24.2 Å². The van der Waals surface area contributed by atoms with Crippen LogP contribution in [0.3, 0.4) is 0 Å². The lowest BCUT2D eigenvalue weighted by molar-refractivity contribution is 0.744. The molecule has 2 aromatic rings. The highest BCUT2D eigenvalue weighted by atomic mass is 15.4. The molecule has 0 fully saturated rings. The average Bonchev–Trinajstić information content (AvgIpc) is 2.82. The first-order chi connectivity index (χ1) is 8.28. The molecule has 17 heavy (non-hydrogen) atoms. The first-order valence-electron chi connectivity index (χ1n) is 5.59. The molecule has 0 unspecified atom stereocenters. The highest BCUT2D eigenvalue weighted by molar-refractivity contribution is 5.25. The quantitative estimate of drug-likeness (QED) is 0.799. The highest BCUT2D eigenvalue weighted by Crippen LogP contribution is 2.10. The van der Waals surface area contributed by atoms with Crippen LogP contribution in [-0.2, 0) is 12.8 Å². The summed E-state index contributed by atoms with van der Waals surface area (Å²) in [5, 5.41) is 13.2. The number of aryl methyl sites for hydroxylation is 2. The van der Waals surface area contributed by atoms with Crippen LogP contribution in [0.25, 0.3) is 5.95 Å². The number of hydrogen-bond donors (Lipinski definition) is 0. The number of hydrogen-bond acceptors (Lipinski definition) is 4. The predicted molar refractivity (Wildman–Crippen MR) is 62.6 cm³/mol. The summed E-state index contributed by atoms with van der Waals surface area (Å²) in [6.45, 7) is 4.11.